The third-order valence-corrected chi connectivity index (χ3v) is 6.74. The summed E-state index contributed by atoms with van der Waals surface area (Å²) in [4.78, 5) is 24.3. The number of hydrogen-bond donors (Lipinski definition) is 6. The van der Waals surface area contributed by atoms with Gasteiger partial charge in [-0.3, -0.25) is 4.79 Å². The first-order valence-electron chi connectivity index (χ1n) is 12.2. The van der Waals surface area contributed by atoms with Crippen LogP contribution in [0.1, 0.15) is 12.0 Å². The molecule has 2 heterocycles. The van der Waals surface area contributed by atoms with Crippen LogP contribution in [0, 0.1) is 11.8 Å². The number of benzene rings is 1. The normalized spacial score (nSPS) is 32.0. The van der Waals surface area contributed by atoms with Crippen LogP contribution in [-0.2, 0) is 35.0 Å². The number of methoxy groups -OCH3 is 1. The molecule has 1 fully saturated rings. The summed E-state index contributed by atoms with van der Waals surface area (Å²) < 4.78 is 21.7. The van der Waals surface area contributed by atoms with E-state index < -0.39 is 73.4 Å². The number of carbonyl (C=O) groups excluding carboxylic acids is 1. The van der Waals surface area contributed by atoms with Gasteiger partial charge in [0.05, 0.1) is 25.6 Å². The predicted octanol–water partition coefficient (Wildman–Crippen LogP) is -0.690. The highest BCUT2D eigenvalue weighted by Crippen LogP contribution is 2.36. The molecule has 6 N–H and O–H groups in total. The molecule has 2 aliphatic rings. The van der Waals surface area contributed by atoms with Gasteiger partial charge in [0.2, 0.25) is 6.29 Å². The third-order valence-electron chi connectivity index (χ3n) is 6.74. The molecule has 1 aromatic rings. The van der Waals surface area contributed by atoms with E-state index in [0.29, 0.717) is 0 Å². The highest BCUT2D eigenvalue weighted by Gasteiger charge is 2.47. The van der Waals surface area contributed by atoms with Crippen LogP contribution in [0.3, 0.4) is 0 Å². The van der Waals surface area contributed by atoms with Gasteiger partial charge in [-0.1, -0.05) is 36.4 Å². The first-order valence-corrected chi connectivity index (χ1v) is 12.2. The van der Waals surface area contributed by atoms with Crippen LogP contribution in [0.5, 0.6) is 0 Å². The van der Waals surface area contributed by atoms with Gasteiger partial charge in [-0.25, -0.2) is 4.79 Å². The zero-order valence-corrected chi connectivity index (χ0v) is 21.0. The van der Waals surface area contributed by atoms with Crippen molar-refractivity contribution in [3.63, 3.8) is 0 Å². The van der Waals surface area contributed by atoms with E-state index in [1.165, 1.54) is 19.4 Å². The number of esters is 1. The molecule has 12 heteroatoms. The molecule has 2 aliphatic heterocycles. The number of ether oxygens (including phenoxy) is 4. The monoisotopic (exact) mass is 537 g/mol. The third kappa shape index (κ3) is 6.97. The molecule has 0 spiro atoms. The summed E-state index contributed by atoms with van der Waals surface area (Å²) in [5, 5.41) is 52.6. The maximum atomic E-state index is 12.5. The van der Waals surface area contributed by atoms with Gasteiger partial charge in [-0.15, -0.1) is 6.58 Å². The minimum atomic E-state index is -1.65. The fourth-order valence-electron chi connectivity index (χ4n) is 4.60. The largest absolute Gasteiger partial charge is 0.480 e. The Morgan fingerprint density at radius 2 is 1.84 bits per heavy atom. The molecule has 0 saturated carbocycles. The first kappa shape index (κ1) is 29.7. The SMILES string of the molecule is C=CC1C(OC2OC(CO)C(O)C(O)C2O)OC=C(C(=O)OC)C1CCNC(Cc1ccccc1)C(=O)O. The van der Waals surface area contributed by atoms with Crippen LogP contribution in [0.15, 0.2) is 54.8 Å². The average molecular weight is 538 g/mol. The van der Waals surface area contributed by atoms with Crippen LogP contribution in [0.25, 0.3) is 0 Å². The van der Waals surface area contributed by atoms with Crippen molar-refractivity contribution in [3.05, 3.63) is 60.4 Å². The molecule has 0 bridgehead atoms. The van der Waals surface area contributed by atoms with Crippen molar-refractivity contribution in [3.8, 4) is 0 Å². The number of hydrogen-bond acceptors (Lipinski definition) is 11. The molecule has 0 aromatic heterocycles. The van der Waals surface area contributed by atoms with Crippen LogP contribution < -0.4 is 5.32 Å². The lowest BCUT2D eigenvalue weighted by molar-refractivity contribution is -0.339. The molecule has 1 saturated heterocycles. The molecule has 38 heavy (non-hydrogen) atoms. The Morgan fingerprint density at radius 3 is 2.45 bits per heavy atom. The van der Waals surface area contributed by atoms with Crippen LogP contribution in [0.2, 0.25) is 0 Å². The van der Waals surface area contributed by atoms with Crippen molar-refractivity contribution in [1.82, 2.24) is 5.32 Å². The number of carboxylic acid groups (broad SMARTS) is 1. The van der Waals surface area contributed by atoms with Crippen molar-refractivity contribution in [1.29, 1.82) is 0 Å². The van der Waals surface area contributed by atoms with E-state index in [1.54, 1.807) is 0 Å². The Hall–Kier alpha value is -2.84. The van der Waals surface area contributed by atoms with E-state index in [0.717, 1.165) is 5.56 Å². The minimum Gasteiger partial charge on any atom is -0.480 e. The number of aliphatic hydroxyl groups is 4. The number of carboxylic acids is 1. The highest BCUT2D eigenvalue weighted by molar-refractivity contribution is 5.89. The van der Waals surface area contributed by atoms with Crippen molar-refractivity contribution in [2.24, 2.45) is 11.8 Å². The van der Waals surface area contributed by atoms with Crippen molar-refractivity contribution in [2.45, 2.75) is 55.9 Å². The molecular weight excluding hydrogens is 502 g/mol. The molecule has 0 aliphatic carbocycles. The minimum absolute atomic E-state index is 0.183. The number of aliphatic carboxylic acids is 1. The van der Waals surface area contributed by atoms with Gasteiger partial charge >= 0.3 is 11.9 Å². The van der Waals surface area contributed by atoms with Gasteiger partial charge in [0.1, 0.15) is 30.5 Å². The molecular formula is C26H35NO11. The maximum absolute atomic E-state index is 12.5. The van der Waals surface area contributed by atoms with E-state index in [9.17, 15) is 35.1 Å². The standard InChI is InChI=1S/C26H35NO11/c1-3-15-16(9-10-27-18(23(32)33)11-14-7-5-4-6-8-14)17(24(34)35-2)13-36-25(15)38-26-22(31)21(30)20(29)19(12-28)37-26/h3-8,13,15-16,18-22,25-31H,1,9-12H2,2H3,(H,32,33). The topological polar surface area (TPSA) is 184 Å². The van der Waals surface area contributed by atoms with Crippen LogP contribution >= 0.6 is 0 Å². The maximum Gasteiger partial charge on any atom is 0.337 e. The van der Waals surface area contributed by atoms with E-state index in [2.05, 4.69) is 11.9 Å². The predicted molar refractivity (Wildman–Crippen MR) is 131 cm³/mol. The second-order valence-corrected chi connectivity index (χ2v) is 9.15. The molecule has 0 radical (unpaired) electrons. The van der Waals surface area contributed by atoms with Gasteiger partial charge in [0.25, 0.3) is 0 Å². The molecule has 210 valence electrons. The van der Waals surface area contributed by atoms with E-state index in [-0.39, 0.29) is 25.0 Å². The molecule has 9 atom stereocenters. The molecule has 1 aromatic carbocycles. The van der Waals surface area contributed by atoms with Gasteiger partial charge in [-0.05, 0) is 24.9 Å². The first-order chi connectivity index (χ1) is 18.2. The average Bonchev–Trinajstić information content (AvgIpc) is 2.92. The number of carbonyl (C=O) groups is 2. The van der Waals surface area contributed by atoms with Crippen molar-refractivity contribution < 1.29 is 54.1 Å². The summed E-state index contributed by atoms with van der Waals surface area (Å²) in [6, 6.07) is 8.30. The fraction of sp³-hybridized carbons (Fsp3) is 0.538. The lowest BCUT2D eigenvalue weighted by Crippen LogP contribution is -2.60. The van der Waals surface area contributed by atoms with Gasteiger partial charge in [0, 0.05) is 11.8 Å². The summed E-state index contributed by atoms with van der Waals surface area (Å²) in [6.45, 7) is 3.39. The summed E-state index contributed by atoms with van der Waals surface area (Å²) in [5.41, 5.74) is 1.04. The molecule has 9 unspecified atom stereocenters. The second-order valence-electron chi connectivity index (χ2n) is 9.15. The van der Waals surface area contributed by atoms with Gasteiger partial charge in [0.15, 0.2) is 6.29 Å². The van der Waals surface area contributed by atoms with Gasteiger partial charge < -0.3 is 49.8 Å². The molecule has 0 amide bonds. The molecule has 12 nitrogen and oxygen atoms in total. The summed E-state index contributed by atoms with van der Waals surface area (Å²) in [5.74, 6) is -2.93. The summed E-state index contributed by atoms with van der Waals surface area (Å²) in [7, 11) is 1.22. The number of rotatable bonds is 12. The Morgan fingerprint density at radius 1 is 1.13 bits per heavy atom. The summed E-state index contributed by atoms with van der Waals surface area (Å²) >= 11 is 0. The number of nitrogens with one attached hydrogen (secondary N) is 1. The van der Waals surface area contributed by atoms with E-state index in [4.69, 9.17) is 18.9 Å². The van der Waals surface area contributed by atoms with Crippen molar-refractivity contribution in [2.75, 3.05) is 20.3 Å². The van der Waals surface area contributed by atoms with Crippen LogP contribution in [0.4, 0.5) is 0 Å². The number of aliphatic hydroxyl groups excluding tert-OH is 4. The smallest absolute Gasteiger partial charge is 0.337 e. The van der Waals surface area contributed by atoms with Crippen molar-refractivity contribution >= 4 is 11.9 Å². The zero-order chi connectivity index (χ0) is 27.8. The Bertz CT molecular complexity index is 969. The van der Waals surface area contributed by atoms with Crippen LogP contribution in [-0.4, -0.2) is 101 Å². The van der Waals surface area contributed by atoms with Gasteiger partial charge in [-0.2, -0.15) is 0 Å². The lowest BCUT2D eigenvalue weighted by Gasteiger charge is -2.43. The Labute approximate surface area is 220 Å². The summed E-state index contributed by atoms with van der Waals surface area (Å²) in [6.07, 6.45) is -5.43. The quantitative estimate of drug-likeness (QED) is 0.146. The zero-order valence-electron chi connectivity index (χ0n) is 21.0. The highest BCUT2D eigenvalue weighted by atomic mass is 16.8. The molecule has 3 rings (SSSR count). The van der Waals surface area contributed by atoms with E-state index in [1.807, 2.05) is 30.3 Å². The lowest BCUT2D eigenvalue weighted by atomic mass is 9.81. The Balaban J connectivity index is 1.73. The second kappa shape index (κ2) is 13.8. The Kier molecular flexibility index (Phi) is 10.8. The van der Waals surface area contributed by atoms with E-state index >= 15 is 0 Å². The fourth-order valence-corrected chi connectivity index (χ4v) is 4.60.